The van der Waals surface area contributed by atoms with Crippen LogP contribution in [0.4, 0.5) is 0 Å². The lowest BCUT2D eigenvalue weighted by Crippen LogP contribution is -2.40. The summed E-state index contributed by atoms with van der Waals surface area (Å²) in [6, 6.07) is 12.8. The van der Waals surface area contributed by atoms with Gasteiger partial charge in [0.1, 0.15) is 0 Å². The molecule has 1 aromatic heterocycles. The Bertz CT molecular complexity index is 746. The molecule has 136 valence electrons. The highest BCUT2D eigenvalue weighted by Gasteiger charge is 2.24. The molecular weight excluding hydrogens is 322 g/mol. The van der Waals surface area contributed by atoms with Gasteiger partial charge in [0.05, 0.1) is 0 Å². The zero-order valence-electron chi connectivity index (χ0n) is 15.3. The van der Waals surface area contributed by atoms with Crippen molar-refractivity contribution in [1.82, 2.24) is 14.8 Å². The number of piperidine rings is 1. The first-order valence-corrected chi connectivity index (χ1v) is 9.76. The molecule has 0 radical (unpaired) electrons. The lowest BCUT2D eigenvalue weighted by atomic mass is 9.91. The molecule has 0 bridgehead atoms. The summed E-state index contributed by atoms with van der Waals surface area (Å²) < 4.78 is 0. The van der Waals surface area contributed by atoms with Crippen LogP contribution in [0.5, 0.6) is 0 Å². The molecular formula is C22H27N3O. The Morgan fingerprint density at radius 3 is 2.73 bits per heavy atom. The molecule has 4 rings (SSSR count). The van der Waals surface area contributed by atoms with Gasteiger partial charge in [0.2, 0.25) is 5.91 Å². The van der Waals surface area contributed by atoms with Gasteiger partial charge < -0.3 is 9.80 Å². The van der Waals surface area contributed by atoms with E-state index in [0.717, 1.165) is 39.1 Å². The molecule has 1 unspecified atom stereocenters. The van der Waals surface area contributed by atoms with E-state index in [0.29, 0.717) is 18.2 Å². The van der Waals surface area contributed by atoms with Crippen molar-refractivity contribution in [2.75, 3.05) is 26.2 Å². The van der Waals surface area contributed by atoms with E-state index in [-0.39, 0.29) is 0 Å². The fourth-order valence-corrected chi connectivity index (χ4v) is 4.29. The van der Waals surface area contributed by atoms with Crippen molar-refractivity contribution in [2.45, 2.75) is 38.1 Å². The van der Waals surface area contributed by atoms with Gasteiger partial charge in [-0.1, -0.05) is 24.3 Å². The quantitative estimate of drug-likeness (QED) is 0.850. The van der Waals surface area contributed by atoms with Crippen LogP contribution in [0.3, 0.4) is 0 Å². The van der Waals surface area contributed by atoms with E-state index in [4.69, 9.17) is 0 Å². The van der Waals surface area contributed by atoms with Gasteiger partial charge in [-0.2, -0.15) is 0 Å². The lowest BCUT2D eigenvalue weighted by molar-refractivity contribution is -0.132. The number of benzene rings is 1. The van der Waals surface area contributed by atoms with Gasteiger partial charge in [0.15, 0.2) is 0 Å². The van der Waals surface area contributed by atoms with Gasteiger partial charge in [0, 0.05) is 45.0 Å². The third-order valence-corrected chi connectivity index (χ3v) is 5.81. The number of carbonyl (C=O) groups is 1. The molecule has 4 heteroatoms. The molecule has 1 saturated heterocycles. The smallest absolute Gasteiger partial charge is 0.224 e. The highest BCUT2D eigenvalue weighted by molar-refractivity contribution is 5.76. The third-order valence-electron chi connectivity index (χ3n) is 5.81. The summed E-state index contributed by atoms with van der Waals surface area (Å²) in [4.78, 5) is 21.3. The Kier molecular flexibility index (Phi) is 5.30. The average molecular weight is 349 g/mol. The molecule has 2 aromatic rings. The maximum absolute atomic E-state index is 12.7. The first-order chi connectivity index (χ1) is 12.8. The molecule has 3 heterocycles. The number of hydrogen-bond donors (Lipinski definition) is 0. The minimum absolute atomic E-state index is 0.297. The molecule has 0 saturated carbocycles. The normalized spacial score (nSPS) is 20.6. The van der Waals surface area contributed by atoms with Crippen molar-refractivity contribution in [2.24, 2.45) is 0 Å². The highest BCUT2D eigenvalue weighted by atomic mass is 16.2. The minimum Gasteiger partial charge on any atom is -0.338 e. The topological polar surface area (TPSA) is 36.4 Å². The molecule has 0 spiro atoms. The average Bonchev–Trinajstić information content (AvgIpc) is 2.72. The summed E-state index contributed by atoms with van der Waals surface area (Å²) in [5, 5.41) is 0. The van der Waals surface area contributed by atoms with E-state index < -0.39 is 0 Å². The Balaban J connectivity index is 1.29. The number of pyridine rings is 1. The molecule has 4 nitrogen and oxygen atoms in total. The van der Waals surface area contributed by atoms with Gasteiger partial charge >= 0.3 is 0 Å². The second-order valence-corrected chi connectivity index (χ2v) is 7.50. The van der Waals surface area contributed by atoms with Crippen molar-refractivity contribution in [1.29, 1.82) is 0 Å². The predicted octanol–water partition coefficient (Wildman–Crippen LogP) is 3.24. The molecule has 26 heavy (non-hydrogen) atoms. The Morgan fingerprint density at radius 2 is 1.88 bits per heavy atom. The van der Waals surface area contributed by atoms with Gasteiger partial charge in [-0.05, 0) is 60.5 Å². The second-order valence-electron chi connectivity index (χ2n) is 7.50. The van der Waals surface area contributed by atoms with Crippen LogP contribution in [-0.4, -0.2) is 46.9 Å². The van der Waals surface area contributed by atoms with E-state index in [9.17, 15) is 4.79 Å². The SMILES string of the molecule is O=C(CCN1CCCC(c2ccncc2)C1)N1CCc2ccccc2C1. The summed E-state index contributed by atoms with van der Waals surface area (Å²) in [7, 11) is 0. The van der Waals surface area contributed by atoms with Crippen molar-refractivity contribution in [3.63, 3.8) is 0 Å². The third kappa shape index (κ3) is 3.96. The molecule has 1 aromatic carbocycles. The zero-order chi connectivity index (χ0) is 17.8. The molecule has 0 aliphatic carbocycles. The van der Waals surface area contributed by atoms with Crippen LogP contribution in [0, 0.1) is 0 Å². The summed E-state index contributed by atoms with van der Waals surface area (Å²) in [5.41, 5.74) is 4.08. The first kappa shape index (κ1) is 17.2. The van der Waals surface area contributed by atoms with Gasteiger partial charge in [0.25, 0.3) is 0 Å². The Hall–Kier alpha value is -2.20. The number of carbonyl (C=O) groups excluding carboxylic acids is 1. The van der Waals surface area contributed by atoms with Gasteiger partial charge in [-0.25, -0.2) is 0 Å². The highest BCUT2D eigenvalue weighted by Crippen LogP contribution is 2.26. The minimum atomic E-state index is 0.297. The van der Waals surface area contributed by atoms with Crippen molar-refractivity contribution >= 4 is 5.91 Å². The number of amides is 1. The van der Waals surface area contributed by atoms with Crippen molar-refractivity contribution in [3.8, 4) is 0 Å². The fourth-order valence-electron chi connectivity index (χ4n) is 4.29. The van der Waals surface area contributed by atoms with Crippen LogP contribution < -0.4 is 0 Å². The van der Waals surface area contributed by atoms with E-state index in [1.807, 2.05) is 17.3 Å². The van der Waals surface area contributed by atoms with Crippen LogP contribution in [0.2, 0.25) is 0 Å². The summed E-state index contributed by atoms with van der Waals surface area (Å²) >= 11 is 0. The maximum Gasteiger partial charge on any atom is 0.224 e. The summed E-state index contributed by atoms with van der Waals surface area (Å²) in [5.74, 6) is 0.870. The molecule has 1 amide bonds. The van der Waals surface area contributed by atoms with Crippen molar-refractivity contribution in [3.05, 3.63) is 65.5 Å². The van der Waals surface area contributed by atoms with Crippen LogP contribution in [0.25, 0.3) is 0 Å². The number of aromatic nitrogens is 1. The number of fused-ring (bicyclic) bond motifs is 1. The monoisotopic (exact) mass is 349 g/mol. The van der Waals surface area contributed by atoms with E-state index in [1.165, 1.54) is 29.5 Å². The van der Waals surface area contributed by atoms with E-state index in [1.54, 1.807) is 0 Å². The number of rotatable bonds is 4. The summed E-state index contributed by atoms with van der Waals surface area (Å²) in [6.07, 6.45) is 7.81. The lowest BCUT2D eigenvalue weighted by Gasteiger charge is -2.34. The predicted molar refractivity (Wildman–Crippen MR) is 103 cm³/mol. The van der Waals surface area contributed by atoms with Gasteiger partial charge in [-0.3, -0.25) is 9.78 Å². The fraction of sp³-hybridized carbons (Fsp3) is 0.455. The van der Waals surface area contributed by atoms with Crippen LogP contribution in [-0.2, 0) is 17.8 Å². The van der Waals surface area contributed by atoms with Crippen LogP contribution >= 0.6 is 0 Å². The second kappa shape index (κ2) is 8.00. The molecule has 1 fully saturated rings. The largest absolute Gasteiger partial charge is 0.338 e. The van der Waals surface area contributed by atoms with Crippen LogP contribution in [0.1, 0.15) is 41.9 Å². The van der Waals surface area contributed by atoms with E-state index in [2.05, 4.69) is 46.3 Å². The molecule has 0 N–H and O–H groups in total. The molecule has 1 atom stereocenters. The number of likely N-dealkylation sites (tertiary alicyclic amines) is 1. The maximum atomic E-state index is 12.7. The Morgan fingerprint density at radius 1 is 1.08 bits per heavy atom. The first-order valence-electron chi connectivity index (χ1n) is 9.76. The molecule has 2 aliphatic heterocycles. The van der Waals surface area contributed by atoms with Crippen molar-refractivity contribution < 1.29 is 4.79 Å². The summed E-state index contributed by atoms with van der Waals surface area (Å²) in [6.45, 7) is 4.67. The molecule has 2 aliphatic rings. The standard InChI is InChI=1S/C22H27N3O/c26-22(25-15-9-18-4-1-2-5-21(18)17-25)10-14-24-13-3-6-20(16-24)19-7-11-23-12-8-19/h1-2,4-5,7-8,11-12,20H,3,6,9-10,13-17H2. The van der Waals surface area contributed by atoms with Crippen LogP contribution in [0.15, 0.2) is 48.8 Å². The van der Waals surface area contributed by atoms with E-state index >= 15 is 0 Å². The number of nitrogens with zero attached hydrogens (tertiary/aromatic N) is 3. The number of hydrogen-bond acceptors (Lipinski definition) is 3. The van der Waals surface area contributed by atoms with Gasteiger partial charge in [-0.15, -0.1) is 0 Å². The Labute approximate surface area is 155 Å². The zero-order valence-corrected chi connectivity index (χ0v) is 15.3.